The molecular formula is C21H15N3O3S2. The Morgan fingerprint density at radius 3 is 2.79 bits per heavy atom. The van der Waals surface area contributed by atoms with Crippen LogP contribution in [0, 0.1) is 0 Å². The number of carbonyl (C=O) groups is 1. The Kier molecular flexibility index (Phi) is 4.71. The number of hydrogen-bond acceptors (Lipinski definition) is 7. The first-order valence-electron chi connectivity index (χ1n) is 8.93. The van der Waals surface area contributed by atoms with Crippen LogP contribution in [0.3, 0.4) is 0 Å². The van der Waals surface area contributed by atoms with Crippen LogP contribution in [0.2, 0.25) is 0 Å². The maximum Gasteiger partial charge on any atom is 0.267 e. The minimum Gasteiger partial charge on any atom is -0.486 e. The molecule has 0 bridgehead atoms. The summed E-state index contributed by atoms with van der Waals surface area (Å²) in [6.45, 7) is 1.11. The van der Waals surface area contributed by atoms with E-state index in [1.807, 2.05) is 47.8 Å². The Balaban J connectivity index is 1.32. The van der Waals surface area contributed by atoms with Crippen LogP contribution in [-0.4, -0.2) is 29.1 Å². The van der Waals surface area contributed by atoms with Gasteiger partial charge in [0.15, 0.2) is 16.6 Å². The van der Waals surface area contributed by atoms with Gasteiger partial charge < -0.3 is 9.47 Å². The lowest BCUT2D eigenvalue weighted by atomic mass is 10.1. The molecule has 1 aliphatic heterocycles. The maximum atomic E-state index is 12.6. The van der Waals surface area contributed by atoms with Gasteiger partial charge in [0.05, 0.1) is 10.6 Å². The highest BCUT2D eigenvalue weighted by Gasteiger charge is 2.16. The molecule has 0 spiro atoms. The van der Waals surface area contributed by atoms with Crippen molar-refractivity contribution in [3.63, 3.8) is 0 Å². The third-order valence-corrected chi connectivity index (χ3v) is 6.23. The average molecular weight is 422 g/mol. The second-order valence-corrected chi connectivity index (χ2v) is 8.20. The molecular weight excluding hydrogens is 406 g/mol. The van der Waals surface area contributed by atoms with E-state index in [1.165, 1.54) is 22.7 Å². The van der Waals surface area contributed by atoms with Gasteiger partial charge in [-0.25, -0.2) is 4.98 Å². The van der Waals surface area contributed by atoms with E-state index in [1.54, 1.807) is 12.4 Å². The van der Waals surface area contributed by atoms with E-state index in [4.69, 9.17) is 9.47 Å². The molecule has 0 fully saturated rings. The predicted octanol–water partition coefficient (Wildman–Crippen LogP) is 4.96. The Hall–Kier alpha value is -3.23. The van der Waals surface area contributed by atoms with E-state index in [2.05, 4.69) is 15.3 Å². The molecule has 0 atom stereocenters. The highest BCUT2D eigenvalue weighted by atomic mass is 32.1. The Labute approximate surface area is 174 Å². The fraction of sp³-hybridized carbons (Fsp3) is 0.0952. The molecule has 1 N–H and O–H groups in total. The lowest BCUT2D eigenvalue weighted by Gasteiger charge is -2.18. The van der Waals surface area contributed by atoms with Crippen molar-refractivity contribution in [2.45, 2.75) is 0 Å². The molecule has 3 aromatic heterocycles. The van der Waals surface area contributed by atoms with Gasteiger partial charge in [0, 0.05) is 28.2 Å². The summed E-state index contributed by atoms with van der Waals surface area (Å²) < 4.78 is 11.2. The number of nitrogens with zero attached hydrogens (tertiary/aromatic N) is 2. The number of nitrogens with one attached hydrogen (secondary N) is 1. The smallest absolute Gasteiger partial charge is 0.267 e. The summed E-state index contributed by atoms with van der Waals surface area (Å²) in [5.74, 6) is 1.31. The molecule has 0 saturated carbocycles. The summed E-state index contributed by atoms with van der Waals surface area (Å²) in [7, 11) is 0. The van der Waals surface area contributed by atoms with Crippen molar-refractivity contribution < 1.29 is 14.3 Å². The summed E-state index contributed by atoms with van der Waals surface area (Å²) >= 11 is 2.82. The van der Waals surface area contributed by atoms with Gasteiger partial charge in [-0.1, -0.05) is 0 Å². The van der Waals surface area contributed by atoms with Crippen molar-refractivity contribution in [3.8, 4) is 33.2 Å². The van der Waals surface area contributed by atoms with Crippen molar-refractivity contribution >= 4 is 33.7 Å². The number of pyridine rings is 1. The van der Waals surface area contributed by atoms with E-state index in [9.17, 15) is 4.79 Å². The quantitative estimate of drug-likeness (QED) is 0.504. The van der Waals surface area contributed by atoms with Gasteiger partial charge in [0.25, 0.3) is 5.91 Å². The van der Waals surface area contributed by atoms with Crippen LogP contribution in [0.5, 0.6) is 11.5 Å². The van der Waals surface area contributed by atoms with E-state index in [-0.39, 0.29) is 5.91 Å². The molecule has 1 aliphatic rings. The maximum absolute atomic E-state index is 12.6. The van der Waals surface area contributed by atoms with Crippen LogP contribution in [0.4, 0.5) is 5.13 Å². The van der Waals surface area contributed by atoms with Crippen LogP contribution in [0.15, 0.2) is 60.2 Å². The minimum atomic E-state index is -0.175. The molecule has 0 saturated heterocycles. The third kappa shape index (κ3) is 3.72. The lowest BCUT2D eigenvalue weighted by molar-refractivity contribution is 0.103. The fourth-order valence-electron chi connectivity index (χ4n) is 2.95. The zero-order chi connectivity index (χ0) is 19.6. The highest BCUT2D eigenvalue weighted by Crippen LogP contribution is 2.37. The molecule has 6 nitrogen and oxygen atoms in total. The van der Waals surface area contributed by atoms with Crippen molar-refractivity contribution in [1.82, 2.24) is 9.97 Å². The molecule has 5 rings (SSSR count). The number of rotatable bonds is 4. The van der Waals surface area contributed by atoms with Gasteiger partial charge >= 0.3 is 0 Å². The number of ether oxygens (including phenoxy) is 2. The summed E-state index contributed by atoms with van der Waals surface area (Å²) in [5, 5.41) is 5.34. The highest BCUT2D eigenvalue weighted by molar-refractivity contribution is 7.17. The number of thiazole rings is 1. The Morgan fingerprint density at radius 1 is 1.03 bits per heavy atom. The van der Waals surface area contributed by atoms with Crippen molar-refractivity contribution in [3.05, 3.63) is 65.1 Å². The topological polar surface area (TPSA) is 73.3 Å². The standard InChI is InChI=1S/C21H15N3O3S2/c25-20(24-21-23-15(12-28-21)14-2-1-7-22-11-14)19-6-5-18(29-19)13-3-4-16-17(10-13)27-9-8-26-16/h1-7,10-12H,8-9H2,(H,23,24,25). The molecule has 4 heterocycles. The monoisotopic (exact) mass is 421 g/mol. The molecule has 1 aromatic carbocycles. The normalized spacial score (nSPS) is 12.6. The first kappa shape index (κ1) is 17.8. The molecule has 1 amide bonds. The molecule has 4 aromatic rings. The summed E-state index contributed by atoms with van der Waals surface area (Å²) in [6, 6.07) is 13.4. The number of carbonyl (C=O) groups excluding carboxylic acids is 1. The number of anilines is 1. The molecule has 0 radical (unpaired) electrons. The van der Waals surface area contributed by atoms with Crippen LogP contribution >= 0.6 is 22.7 Å². The zero-order valence-corrected chi connectivity index (χ0v) is 16.8. The van der Waals surface area contributed by atoms with Crippen LogP contribution < -0.4 is 14.8 Å². The SMILES string of the molecule is O=C(Nc1nc(-c2cccnc2)cs1)c1ccc(-c2ccc3c(c2)OCCO3)s1. The lowest BCUT2D eigenvalue weighted by Crippen LogP contribution is -2.15. The van der Waals surface area contributed by atoms with E-state index in [0.29, 0.717) is 23.2 Å². The van der Waals surface area contributed by atoms with Gasteiger partial charge in [-0.2, -0.15) is 0 Å². The van der Waals surface area contributed by atoms with Crippen LogP contribution in [0.25, 0.3) is 21.7 Å². The van der Waals surface area contributed by atoms with Crippen molar-refractivity contribution in [2.24, 2.45) is 0 Å². The first-order valence-corrected chi connectivity index (χ1v) is 10.6. The third-order valence-electron chi connectivity index (χ3n) is 4.34. The number of aromatic nitrogens is 2. The van der Waals surface area contributed by atoms with Gasteiger partial charge in [0.2, 0.25) is 0 Å². The Bertz CT molecular complexity index is 1170. The molecule has 144 valence electrons. The van der Waals surface area contributed by atoms with Crippen molar-refractivity contribution in [2.75, 3.05) is 18.5 Å². The minimum absolute atomic E-state index is 0.175. The molecule has 8 heteroatoms. The van der Waals surface area contributed by atoms with Crippen LogP contribution in [-0.2, 0) is 0 Å². The predicted molar refractivity (Wildman–Crippen MR) is 114 cm³/mol. The average Bonchev–Trinajstić information content (AvgIpc) is 3.44. The number of amides is 1. The molecule has 0 aliphatic carbocycles. The molecule has 0 unspecified atom stereocenters. The second-order valence-electron chi connectivity index (χ2n) is 6.26. The van der Waals surface area contributed by atoms with Crippen LogP contribution in [0.1, 0.15) is 9.67 Å². The second kappa shape index (κ2) is 7.65. The van der Waals surface area contributed by atoms with E-state index < -0.39 is 0 Å². The number of hydrogen-bond donors (Lipinski definition) is 1. The number of benzene rings is 1. The summed E-state index contributed by atoms with van der Waals surface area (Å²) in [6.07, 6.45) is 3.47. The van der Waals surface area contributed by atoms with Gasteiger partial charge in [-0.05, 0) is 48.0 Å². The van der Waals surface area contributed by atoms with E-state index >= 15 is 0 Å². The van der Waals surface area contributed by atoms with E-state index in [0.717, 1.165) is 33.2 Å². The summed E-state index contributed by atoms with van der Waals surface area (Å²) in [4.78, 5) is 22.8. The van der Waals surface area contributed by atoms with Gasteiger partial charge in [-0.15, -0.1) is 22.7 Å². The zero-order valence-electron chi connectivity index (χ0n) is 15.1. The van der Waals surface area contributed by atoms with Gasteiger partial charge in [0.1, 0.15) is 13.2 Å². The van der Waals surface area contributed by atoms with Gasteiger partial charge in [-0.3, -0.25) is 15.1 Å². The van der Waals surface area contributed by atoms with Crippen molar-refractivity contribution in [1.29, 1.82) is 0 Å². The summed E-state index contributed by atoms with van der Waals surface area (Å²) in [5.41, 5.74) is 2.70. The number of fused-ring (bicyclic) bond motifs is 1. The first-order chi connectivity index (χ1) is 14.3. The Morgan fingerprint density at radius 2 is 1.93 bits per heavy atom. The number of thiophene rings is 1. The fourth-order valence-corrected chi connectivity index (χ4v) is 4.56. The largest absolute Gasteiger partial charge is 0.486 e. The molecule has 29 heavy (non-hydrogen) atoms.